The number of methoxy groups -OCH3 is 1. The van der Waals surface area contributed by atoms with Crippen LogP contribution < -0.4 is 4.74 Å². The molecule has 0 spiro atoms. The number of thioether (sulfide) groups is 1. The first-order valence-electron chi connectivity index (χ1n) is 5.55. The van der Waals surface area contributed by atoms with Gasteiger partial charge in [0.15, 0.2) is 5.78 Å². The van der Waals surface area contributed by atoms with Crippen molar-refractivity contribution in [3.05, 3.63) is 29.3 Å². The van der Waals surface area contributed by atoms with Gasteiger partial charge in [-0.25, -0.2) is 0 Å². The van der Waals surface area contributed by atoms with Crippen LogP contribution in [0.2, 0.25) is 0 Å². The van der Waals surface area contributed by atoms with Crippen molar-refractivity contribution in [2.24, 2.45) is 0 Å². The van der Waals surface area contributed by atoms with Gasteiger partial charge in [-0.05, 0) is 44.3 Å². The molecule has 98 valence electrons. The highest BCUT2D eigenvalue weighted by atomic mass is 32.2. The quantitative estimate of drug-likeness (QED) is 0.611. The third-order valence-electron chi connectivity index (χ3n) is 2.29. The maximum absolute atomic E-state index is 11.3. The van der Waals surface area contributed by atoms with Crippen LogP contribution in [0, 0.1) is 0 Å². The molecule has 1 rings (SSSR count). The van der Waals surface area contributed by atoms with Crippen LogP contribution in [0.1, 0.15) is 29.8 Å². The average Bonchev–Trinajstić information content (AvgIpc) is 2.36. The fraction of sp³-hybridized carbons (Fsp3) is 0.385. The van der Waals surface area contributed by atoms with Gasteiger partial charge in [-0.3, -0.25) is 4.79 Å². The molecule has 1 aromatic rings. The van der Waals surface area contributed by atoms with E-state index in [9.17, 15) is 4.79 Å². The maximum Gasteiger partial charge on any atom is 0.220 e. The molecule has 0 aliphatic carbocycles. The smallest absolute Gasteiger partial charge is 0.220 e. The number of hydrogen-bond acceptors (Lipinski definition) is 5. The Morgan fingerprint density at radius 2 is 2.17 bits per heavy atom. The summed E-state index contributed by atoms with van der Waals surface area (Å²) in [6.45, 7) is 4.00. The van der Waals surface area contributed by atoms with Gasteiger partial charge in [-0.1, -0.05) is 11.8 Å². The number of rotatable bonds is 5. The van der Waals surface area contributed by atoms with E-state index in [1.807, 2.05) is 13.0 Å². The molecule has 0 atom stereocenters. The summed E-state index contributed by atoms with van der Waals surface area (Å²) in [6.07, 6.45) is 0. The van der Waals surface area contributed by atoms with E-state index in [1.165, 1.54) is 11.8 Å². The fourth-order valence-corrected chi connectivity index (χ4v) is 2.40. The zero-order chi connectivity index (χ0) is 13.5. The molecule has 0 unspecified atom stereocenters. The topological polar surface area (TPSA) is 35.5 Å². The van der Waals surface area contributed by atoms with Gasteiger partial charge in [0.1, 0.15) is 5.75 Å². The van der Waals surface area contributed by atoms with E-state index in [-0.39, 0.29) is 5.78 Å². The Bertz CT molecular complexity index is 444. The molecule has 0 fully saturated rings. The lowest BCUT2D eigenvalue weighted by Gasteiger charge is -2.10. The Morgan fingerprint density at radius 3 is 2.72 bits per heavy atom. The molecule has 18 heavy (non-hydrogen) atoms. The lowest BCUT2D eigenvalue weighted by atomic mass is 10.1. The zero-order valence-electron chi connectivity index (χ0n) is 10.7. The number of carbonyl (C=O) groups is 1. The van der Waals surface area contributed by atoms with Gasteiger partial charge in [0, 0.05) is 16.9 Å². The van der Waals surface area contributed by atoms with Crippen LogP contribution in [0.15, 0.2) is 18.2 Å². The van der Waals surface area contributed by atoms with Gasteiger partial charge >= 0.3 is 0 Å². The Kier molecular flexibility index (Phi) is 6.15. The normalized spacial score (nSPS) is 9.94. The van der Waals surface area contributed by atoms with Crippen molar-refractivity contribution in [1.82, 2.24) is 0 Å². The van der Waals surface area contributed by atoms with Crippen LogP contribution >= 0.6 is 24.0 Å². The van der Waals surface area contributed by atoms with E-state index in [0.29, 0.717) is 22.3 Å². The van der Waals surface area contributed by atoms with Crippen molar-refractivity contribution in [2.45, 2.75) is 19.6 Å². The van der Waals surface area contributed by atoms with Gasteiger partial charge in [0.25, 0.3) is 0 Å². The third-order valence-corrected chi connectivity index (χ3v) is 3.57. The van der Waals surface area contributed by atoms with E-state index in [0.717, 1.165) is 11.3 Å². The monoisotopic (exact) mass is 284 g/mol. The molecular formula is C13H16O3S2. The highest BCUT2D eigenvalue weighted by Crippen LogP contribution is 2.25. The van der Waals surface area contributed by atoms with Crippen LogP contribution in [0.4, 0.5) is 0 Å². The molecule has 0 bridgehead atoms. The molecule has 3 nitrogen and oxygen atoms in total. The van der Waals surface area contributed by atoms with Crippen LogP contribution in [0.5, 0.6) is 5.75 Å². The fourth-order valence-electron chi connectivity index (χ4n) is 1.41. The van der Waals surface area contributed by atoms with Crippen molar-refractivity contribution in [3.8, 4) is 5.75 Å². The largest absolute Gasteiger partial charge is 0.496 e. The van der Waals surface area contributed by atoms with Crippen molar-refractivity contribution >= 4 is 34.1 Å². The predicted molar refractivity (Wildman–Crippen MR) is 78.5 cm³/mol. The first kappa shape index (κ1) is 15.0. The van der Waals surface area contributed by atoms with E-state index in [4.69, 9.17) is 21.7 Å². The Labute approximate surface area is 117 Å². The first-order chi connectivity index (χ1) is 8.58. The second-order valence-corrected chi connectivity index (χ2v) is 5.13. The zero-order valence-corrected chi connectivity index (χ0v) is 12.3. The molecule has 1 aromatic carbocycles. The molecule has 0 saturated carbocycles. The molecule has 0 aliphatic rings. The summed E-state index contributed by atoms with van der Waals surface area (Å²) in [6, 6.07) is 5.40. The average molecular weight is 284 g/mol. The van der Waals surface area contributed by atoms with E-state index >= 15 is 0 Å². The molecule has 0 saturated heterocycles. The predicted octanol–water partition coefficient (Wildman–Crippen LogP) is 3.45. The van der Waals surface area contributed by atoms with Gasteiger partial charge < -0.3 is 9.47 Å². The molecule has 0 aromatic heterocycles. The second kappa shape index (κ2) is 7.38. The SMILES string of the molecule is CCOC(=S)SCc1cc(C(C)=O)ccc1OC. The van der Waals surface area contributed by atoms with Crippen LogP contribution in [-0.2, 0) is 10.5 Å². The second-order valence-electron chi connectivity index (χ2n) is 3.55. The standard InChI is InChI=1S/C13H16O3S2/c1-4-16-13(17)18-8-11-7-10(9(2)14)5-6-12(11)15-3/h5-7H,4,8H2,1-3H3. The highest BCUT2D eigenvalue weighted by Gasteiger charge is 2.09. The van der Waals surface area contributed by atoms with E-state index in [1.54, 1.807) is 26.2 Å². The first-order valence-corrected chi connectivity index (χ1v) is 6.95. The molecular weight excluding hydrogens is 268 g/mol. The van der Waals surface area contributed by atoms with Crippen LogP contribution in [-0.4, -0.2) is 23.9 Å². The maximum atomic E-state index is 11.3. The van der Waals surface area contributed by atoms with Crippen molar-refractivity contribution < 1.29 is 14.3 Å². The summed E-state index contributed by atoms with van der Waals surface area (Å²) in [5.41, 5.74) is 1.62. The lowest BCUT2D eigenvalue weighted by molar-refractivity contribution is 0.101. The lowest BCUT2D eigenvalue weighted by Crippen LogP contribution is -2.00. The van der Waals surface area contributed by atoms with Crippen LogP contribution in [0.25, 0.3) is 0 Å². The number of hydrogen-bond donors (Lipinski definition) is 0. The Morgan fingerprint density at radius 1 is 1.44 bits per heavy atom. The number of ether oxygens (including phenoxy) is 2. The summed E-state index contributed by atoms with van der Waals surface area (Å²) in [7, 11) is 1.61. The molecule has 0 radical (unpaired) electrons. The van der Waals surface area contributed by atoms with E-state index in [2.05, 4.69) is 0 Å². The van der Waals surface area contributed by atoms with Gasteiger partial charge in [0.2, 0.25) is 4.38 Å². The third kappa shape index (κ3) is 4.31. The minimum atomic E-state index is 0.0382. The summed E-state index contributed by atoms with van der Waals surface area (Å²) in [5, 5.41) is 0. The summed E-state index contributed by atoms with van der Waals surface area (Å²) in [4.78, 5) is 11.3. The number of ketones is 1. The van der Waals surface area contributed by atoms with Crippen molar-refractivity contribution in [3.63, 3.8) is 0 Å². The van der Waals surface area contributed by atoms with Gasteiger partial charge in [0.05, 0.1) is 13.7 Å². The molecule has 0 amide bonds. The molecule has 0 aliphatic heterocycles. The minimum Gasteiger partial charge on any atom is -0.496 e. The molecule has 5 heteroatoms. The van der Waals surface area contributed by atoms with Crippen LogP contribution in [0.3, 0.4) is 0 Å². The van der Waals surface area contributed by atoms with Crippen molar-refractivity contribution in [1.29, 1.82) is 0 Å². The summed E-state index contributed by atoms with van der Waals surface area (Å²) >= 11 is 6.47. The van der Waals surface area contributed by atoms with Gasteiger partial charge in [-0.2, -0.15) is 0 Å². The highest BCUT2D eigenvalue weighted by molar-refractivity contribution is 8.22. The molecule has 0 heterocycles. The number of thiocarbonyl (C=S) groups is 1. The molecule has 0 N–H and O–H groups in total. The Balaban J connectivity index is 2.81. The summed E-state index contributed by atoms with van der Waals surface area (Å²) < 4.78 is 11.0. The number of carbonyl (C=O) groups excluding carboxylic acids is 1. The summed E-state index contributed by atoms with van der Waals surface area (Å²) in [5.74, 6) is 1.42. The Hall–Kier alpha value is -1.07. The van der Waals surface area contributed by atoms with E-state index < -0.39 is 0 Å². The van der Waals surface area contributed by atoms with Crippen molar-refractivity contribution in [2.75, 3.05) is 13.7 Å². The number of Topliss-reactive ketones (excluding diaryl/α,β-unsaturated/α-hetero) is 1. The van der Waals surface area contributed by atoms with Gasteiger partial charge in [-0.15, -0.1) is 0 Å². The number of benzene rings is 1. The minimum absolute atomic E-state index is 0.0382.